The maximum atomic E-state index is 5.14. The van der Waals surface area contributed by atoms with Gasteiger partial charge in [0.15, 0.2) is 0 Å². The topological polar surface area (TPSA) is 59.9 Å². The van der Waals surface area contributed by atoms with Gasteiger partial charge in [-0.2, -0.15) is 0 Å². The Labute approximate surface area is 97.7 Å². The Morgan fingerprint density at radius 1 is 1.44 bits per heavy atom. The zero-order valence-electron chi connectivity index (χ0n) is 9.04. The Hall–Kier alpha value is -1.53. The third-order valence-corrected chi connectivity index (χ3v) is 2.79. The van der Waals surface area contributed by atoms with Gasteiger partial charge >= 0.3 is 0 Å². The van der Waals surface area contributed by atoms with E-state index in [1.54, 1.807) is 19.5 Å². The van der Waals surface area contributed by atoms with E-state index in [0.717, 1.165) is 17.0 Å². The molecule has 0 fully saturated rings. The summed E-state index contributed by atoms with van der Waals surface area (Å²) >= 11 is 1.34. The van der Waals surface area contributed by atoms with Crippen LogP contribution in [0.15, 0.2) is 23.8 Å². The lowest BCUT2D eigenvalue weighted by Gasteiger charge is -2.13. The molecule has 0 aliphatic heterocycles. The first-order chi connectivity index (χ1) is 7.85. The van der Waals surface area contributed by atoms with E-state index in [0.29, 0.717) is 0 Å². The molecule has 1 unspecified atom stereocenters. The van der Waals surface area contributed by atoms with Crippen molar-refractivity contribution in [2.45, 2.75) is 6.04 Å². The van der Waals surface area contributed by atoms with E-state index in [-0.39, 0.29) is 6.04 Å². The number of rotatable bonds is 4. The summed E-state index contributed by atoms with van der Waals surface area (Å²) in [5, 5.41) is 9.15. The number of hydrogen-bond acceptors (Lipinski definition) is 6. The summed E-state index contributed by atoms with van der Waals surface area (Å²) in [4.78, 5) is 4.12. The van der Waals surface area contributed by atoms with Crippen molar-refractivity contribution >= 4 is 11.5 Å². The average molecular weight is 236 g/mol. The minimum absolute atomic E-state index is 0.00125. The molecule has 1 N–H and O–H groups in total. The molecule has 2 aromatic rings. The molecule has 0 aliphatic carbocycles. The second-order valence-electron chi connectivity index (χ2n) is 3.21. The molecule has 0 radical (unpaired) electrons. The lowest BCUT2D eigenvalue weighted by Crippen LogP contribution is -2.18. The van der Waals surface area contributed by atoms with Crippen molar-refractivity contribution in [2.75, 3.05) is 14.2 Å². The molecular formula is C10H12N4OS. The Balaban J connectivity index is 2.33. The fourth-order valence-corrected chi connectivity index (χ4v) is 1.97. The van der Waals surface area contributed by atoms with Crippen LogP contribution in [0.4, 0.5) is 0 Å². The number of ether oxygens (including phenoxy) is 1. The van der Waals surface area contributed by atoms with E-state index < -0.39 is 0 Å². The smallest absolute Gasteiger partial charge is 0.137 e. The van der Waals surface area contributed by atoms with Crippen LogP contribution in [-0.4, -0.2) is 28.7 Å². The van der Waals surface area contributed by atoms with Crippen molar-refractivity contribution < 1.29 is 4.74 Å². The summed E-state index contributed by atoms with van der Waals surface area (Å²) in [5.41, 5.74) is 1.90. The molecule has 2 rings (SSSR count). The molecule has 0 spiro atoms. The molecule has 84 valence electrons. The van der Waals surface area contributed by atoms with Crippen LogP contribution >= 0.6 is 11.5 Å². The van der Waals surface area contributed by atoms with Crippen LogP contribution in [-0.2, 0) is 0 Å². The molecule has 0 saturated carbocycles. The number of nitrogens with zero attached hydrogens (tertiary/aromatic N) is 3. The van der Waals surface area contributed by atoms with Crippen LogP contribution in [0.25, 0.3) is 0 Å². The van der Waals surface area contributed by atoms with Crippen molar-refractivity contribution in [3.63, 3.8) is 0 Å². The van der Waals surface area contributed by atoms with Crippen LogP contribution in [0.5, 0.6) is 5.75 Å². The zero-order chi connectivity index (χ0) is 11.4. The minimum atomic E-state index is 0.00125. The van der Waals surface area contributed by atoms with E-state index in [1.165, 1.54) is 11.5 Å². The largest absolute Gasteiger partial charge is 0.495 e. The molecule has 6 heteroatoms. The van der Waals surface area contributed by atoms with Gasteiger partial charge in [0.1, 0.15) is 5.75 Å². The summed E-state index contributed by atoms with van der Waals surface area (Å²) in [6, 6.07) is 1.94. The van der Waals surface area contributed by atoms with Gasteiger partial charge in [0, 0.05) is 11.6 Å². The van der Waals surface area contributed by atoms with Gasteiger partial charge in [-0.3, -0.25) is 4.98 Å². The van der Waals surface area contributed by atoms with Crippen LogP contribution in [0.2, 0.25) is 0 Å². The third kappa shape index (κ3) is 2.17. The van der Waals surface area contributed by atoms with Crippen LogP contribution < -0.4 is 10.1 Å². The third-order valence-electron chi connectivity index (χ3n) is 2.26. The van der Waals surface area contributed by atoms with Gasteiger partial charge in [-0.25, -0.2) is 0 Å². The van der Waals surface area contributed by atoms with Crippen LogP contribution in [0.1, 0.15) is 17.3 Å². The molecule has 2 aromatic heterocycles. The van der Waals surface area contributed by atoms with Gasteiger partial charge in [-0.1, -0.05) is 4.49 Å². The highest BCUT2D eigenvalue weighted by Gasteiger charge is 2.15. The second kappa shape index (κ2) is 5.00. The zero-order valence-corrected chi connectivity index (χ0v) is 9.86. The molecule has 0 saturated heterocycles. The van der Waals surface area contributed by atoms with Gasteiger partial charge < -0.3 is 10.1 Å². The summed E-state index contributed by atoms with van der Waals surface area (Å²) in [6.45, 7) is 0. The molecule has 1 atom stereocenters. The van der Waals surface area contributed by atoms with Crippen molar-refractivity contribution in [1.82, 2.24) is 19.9 Å². The lowest BCUT2D eigenvalue weighted by atomic mass is 10.1. The van der Waals surface area contributed by atoms with E-state index in [4.69, 9.17) is 4.74 Å². The summed E-state index contributed by atoms with van der Waals surface area (Å²) in [7, 11) is 3.50. The maximum absolute atomic E-state index is 5.14. The van der Waals surface area contributed by atoms with Gasteiger partial charge in [-0.15, -0.1) is 5.10 Å². The number of pyridine rings is 1. The summed E-state index contributed by atoms with van der Waals surface area (Å²) < 4.78 is 9.00. The van der Waals surface area contributed by atoms with E-state index in [2.05, 4.69) is 19.9 Å². The van der Waals surface area contributed by atoms with Gasteiger partial charge in [0.2, 0.25) is 0 Å². The van der Waals surface area contributed by atoms with Crippen molar-refractivity contribution in [1.29, 1.82) is 0 Å². The van der Waals surface area contributed by atoms with Gasteiger partial charge in [0.25, 0.3) is 0 Å². The van der Waals surface area contributed by atoms with E-state index in [9.17, 15) is 0 Å². The van der Waals surface area contributed by atoms with E-state index in [1.807, 2.05) is 18.5 Å². The first-order valence-electron chi connectivity index (χ1n) is 4.78. The first-order valence-corrected chi connectivity index (χ1v) is 5.62. The standard InChI is InChI=1S/C10H12N4OS/c1-11-10(9-6-16-14-13-9)7-3-8(15-2)5-12-4-7/h3-6,10-11H,1-2H3. The number of methoxy groups -OCH3 is 1. The number of nitrogens with one attached hydrogen (secondary N) is 1. The van der Waals surface area contributed by atoms with Crippen LogP contribution in [0, 0.1) is 0 Å². The molecule has 0 aliphatic rings. The van der Waals surface area contributed by atoms with Crippen molar-refractivity contribution in [3.8, 4) is 5.75 Å². The summed E-state index contributed by atoms with van der Waals surface area (Å²) in [5.74, 6) is 0.737. The van der Waals surface area contributed by atoms with Gasteiger partial charge in [0.05, 0.1) is 25.0 Å². The highest BCUT2D eigenvalue weighted by atomic mass is 32.1. The minimum Gasteiger partial charge on any atom is -0.495 e. The van der Waals surface area contributed by atoms with Gasteiger partial charge in [-0.05, 0) is 30.2 Å². The molecular weight excluding hydrogens is 224 g/mol. The summed E-state index contributed by atoms with van der Waals surface area (Å²) in [6.07, 6.45) is 3.47. The molecule has 0 aromatic carbocycles. The van der Waals surface area contributed by atoms with E-state index >= 15 is 0 Å². The molecule has 5 nitrogen and oxygen atoms in total. The Morgan fingerprint density at radius 2 is 2.31 bits per heavy atom. The fraction of sp³-hybridized carbons (Fsp3) is 0.300. The Bertz CT molecular complexity index is 446. The van der Waals surface area contributed by atoms with Crippen molar-refractivity contribution in [3.05, 3.63) is 35.1 Å². The Morgan fingerprint density at radius 3 is 2.94 bits per heavy atom. The normalized spacial score (nSPS) is 12.4. The first kappa shape index (κ1) is 11.0. The Kier molecular flexibility index (Phi) is 3.43. The molecule has 0 bridgehead atoms. The number of hydrogen-bond donors (Lipinski definition) is 1. The number of aromatic nitrogens is 3. The SMILES string of the molecule is CNC(c1cncc(OC)c1)c1csnn1. The quantitative estimate of drug-likeness (QED) is 0.865. The highest BCUT2D eigenvalue weighted by Crippen LogP contribution is 2.22. The highest BCUT2D eigenvalue weighted by molar-refractivity contribution is 7.03. The predicted molar refractivity (Wildman–Crippen MR) is 61.6 cm³/mol. The van der Waals surface area contributed by atoms with Crippen LogP contribution in [0.3, 0.4) is 0 Å². The second-order valence-corrected chi connectivity index (χ2v) is 3.82. The monoisotopic (exact) mass is 236 g/mol. The predicted octanol–water partition coefficient (Wildman–Crippen LogP) is 1.25. The fourth-order valence-electron chi connectivity index (χ4n) is 1.49. The molecule has 2 heterocycles. The maximum Gasteiger partial charge on any atom is 0.137 e. The lowest BCUT2D eigenvalue weighted by molar-refractivity contribution is 0.411. The average Bonchev–Trinajstić information content (AvgIpc) is 2.84. The molecule has 16 heavy (non-hydrogen) atoms. The molecule has 0 amide bonds. The van der Waals surface area contributed by atoms with Crippen molar-refractivity contribution in [2.24, 2.45) is 0 Å².